The van der Waals surface area contributed by atoms with Gasteiger partial charge >= 0.3 is 0 Å². The Morgan fingerprint density at radius 3 is 2.74 bits per heavy atom. The van der Waals surface area contributed by atoms with E-state index in [9.17, 15) is 0 Å². The van der Waals surface area contributed by atoms with Crippen molar-refractivity contribution in [3.05, 3.63) is 42.1 Å². The number of pyridine rings is 1. The summed E-state index contributed by atoms with van der Waals surface area (Å²) in [6, 6.07) is 3.94. The van der Waals surface area contributed by atoms with Gasteiger partial charge < -0.3 is 10.6 Å². The molecule has 0 atom stereocenters. The van der Waals surface area contributed by atoms with Crippen LogP contribution in [0.4, 0.5) is 11.5 Å². The first-order chi connectivity index (χ1) is 9.27. The van der Waals surface area contributed by atoms with Crippen LogP contribution in [-0.2, 0) is 0 Å². The number of nitrogens with zero attached hydrogens (tertiary/aromatic N) is 3. The summed E-state index contributed by atoms with van der Waals surface area (Å²) in [5.41, 5.74) is 3.19. The molecule has 2 heterocycles. The molecular weight excluding hydrogens is 238 g/mol. The van der Waals surface area contributed by atoms with Crippen LogP contribution in [0.5, 0.6) is 0 Å². The first-order valence-corrected chi connectivity index (χ1v) is 6.43. The smallest absolute Gasteiger partial charge is 0.132 e. The van der Waals surface area contributed by atoms with Gasteiger partial charge in [-0.2, -0.15) is 0 Å². The van der Waals surface area contributed by atoms with Gasteiger partial charge in [-0.3, -0.25) is 4.98 Å². The second kappa shape index (κ2) is 6.68. The fourth-order valence-electron chi connectivity index (χ4n) is 1.71. The minimum Gasteiger partial charge on any atom is -0.384 e. The van der Waals surface area contributed by atoms with Crippen LogP contribution in [0.1, 0.15) is 17.7 Å². The zero-order chi connectivity index (χ0) is 13.5. The highest BCUT2D eigenvalue weighted by atomic mass is 15.0. The van der Waals surface area contributed by atoms with E-state index in [4.69, 9.17) is 0 Å². The lowest BCUT2D eigenvalue weighted by molar-refractivity contribution is 0.896. The molecule has 0 amide bonds. The van der Waals surface area contributed by atoms with Crippen LogP contribution in [0.2, 0.25) is 0 Å². The third-order valence-corrected chi connectivity index (χ3v) is 2.97. The lowest BCUT2D eigenvalue weighted by atomic mass is 10.2. The van der Waals surface area contributed by atoms with Crippen molar-refractivity contribution < 1.29 is 0 Å². The third-order valence-electron chi connectivity index (χ3n) is 2.97. The minimum absolute atomic E-state index is 0.880. The monoisotopic (exact) mass is 257 g/mol. The highest BCUT2D eigenvalue weighted by Gasteiger charge is 2.01. The molecule has 5 heteroatoms. The largest absolute Gasteiger partial charge is 0.384 e. The van der Waals surface area contributed by atoms with Crippen LogP contribution >= 0.6 is 0 Å². The molecule has 2 aromatic rings. The Morgan fingerprint density at radius 1 is 1.11 bits per heavy atom. The zero-order valence-electron chi connectivity index (χ0n) is 11.3. The molecule has 2 aromatic heterocycles. The van der Waals surface area contributed by atoms with E-state index in [0.717, 1.165) is 42.3 Å². The number of anilines is 2. The van der Waals surface area contributed by atoms with Crippen LogP contribution in [0.3, 0.4) is 0 Å². The van der Waals surface area contributed by atoms with Gasteiger partial charge in [-0.15, -0.1) is 0 Å². The Hall–Kier alpha value is -2.17. The van der Waals surface area contributed by atoms with Crippen LogP contribution in [0.15, 0.2) is 30.9 Å². The number of rotatable bonds is 6. The Bertz CT molecular complexity index is 512. The van der Waals surface area contributed by atoms with Crippen molar-refractivity contribution in [2.45, 2.75) is 20.3 Å². The van der Waals surface area contributed by atoms with E-state index in [2.05, 4.69) is 25.6 Å². The molecule has 0 radical (unpaired) electrons. The number of hydrogen-bond acceptors (Lipinski definition) is 5. The van der Waals surface area contributed by atoms with Crippen molar-refractivity contribution >= 4 is 11.5 Å². The Morgan fingerprint density at radius 2 is 1.95 bits per heavy atom. The van der Waals surface area contributed by atoms with Gasteiger partial charge in [0, 0.05) is 36.7 Å². The quantitative estimate of drug-likeness (QED) is 0.778. The van der Waals surface area contributed by atoms with E-state index in [1.807, 2.05) is 32.2 Å². The zero-order valence-corrected chi connectivity index (χ0v) is 11.3. The predicted molar refractivity (Wildman–Crippen MR) is 77.3 cm³/mol. The average molecular weight is 257 g/mol. The van der Waals surface area contributed by atoms with Gasteiger partial charge in [-0.1, -0.05) is 0 Å². The van der Waals surface area contributed by atoms with Crippen molar-refractivity contribution in [1.29, 1.82) is 0 Å². The molecule has 0 aliphatic heterocycles. The summed E-state index contributed by atoms with van der Waals surface area (Å²) in [5.74, 6) is 0.925. The Balaban J connectivity index is 1.71. The van der Waals surface area contributed by atoms with Crippen molar-refractivity contribution in [1.82, 2.24) is 15.0 Å². The lowest BCUT2D eigenvalue weighted by Crippen LogP contribution is -2.11. The first-order valence-electron chi connectivity index (χ1n) is 6.43. The predicted octanol–water partition coefficient (Wildman–Crippen LogP) is 2.40. The number of hydrogen-bond donors (Lipinski definition) is 2. The van der Waals surface area contributed by atoms with Crippen molar-refractivity contribution in [2.75, 3.05) is 23.7 Å². The SMILES string of the molecule is Cc1ncnc(NCCCNc2cccnc2)c1C. The summed E-state index contributed by atoms with van der Waals surface area (Å²) in [7, 11) is 0. The van der Waals surface area contributed by atoms with Gasteiger partial charge in [-0.25, -0.2) is 9.97 Å². The summed E-state index contributed by atoms with van der Waals surface area (Å²) < 4.78 is 0. The van der Waals surface area contributed by atoms with Gasteiger partial charge in [0.1, 0.15) is 12.1 Å². The van der Waals surface area contributed by atoms with Gasteiger partial charge in [-0.05, 0) is 32.4 Å². The highest BCUT2D eigenvalue weighted by Crippen LogP contribution is 2.12. The van der Waals surface area contributed by atoms with E-state index in [1.165, 1.54) is 0 Å². The van der Waals surface area contributed by atoms with Gasteiger partial charge in [0.15, 0.2) is 0 Å². The fraction of sp³-hybridized carbons (Fsp3) is 0.357. The number of aryl methyl sites for hydroxylation is 1. The van der Waals surface area contributed by atoms with Gasteiger partial charge in [0.2, 0.25) is 0 Å². The molecule has 2 N–H and O–H groups in total. The maximum Gasteiger partial charge on any atom is 0.132 e. The molecule has 0 unspecified atom stereocenters. The second-order valence-corrected chi connectivity index (χ2v) is 4.38. The summed E-state index contributed by atoms with van der Waals surface area (Å²) in [6.07, 6.45) is 6.20. The number of nitrogens with one attached hydrogen (secondary N) is 2. The van der Waals surface area contributed by atoms with E-state index in [0.29, 0.717) is 0 Å². The Kier molecular flexibility index (Phi) is 4.66. The van der Waals surface area contributed by atoms with E-state index < -0.39 is 0 Å². The summed E-state index contributed by atoms with van der Waals surface area (Å²) in [4.78, 5) is 12.5. The standard InChI is InChI=1S/C14H19N5/c1-11-12(2)18-10-19-14(11)17-8-4-7-16-13-5-3-6-15-9-13/h3,5-6,9-10,16H,4,7-8H2,1-2H3,(H,17,18,19). The van der Waals surface area contributed by atoms with Crippen LogP contribution in [0, 0.1) is 13.8 Å². The second-order valence-electron chi connectivity index (χ2n) is 4.38. The lowest BCUT2D eigenvalue weighted by Gasteiger charge is -2.10. The molecule has 0 spiro atoms. The molecule has 0 aromatic carbocycles. The normalized spacial score (nSPS) is 10.2. The molecule has 0 aliphatic rings. The molecule has 19 heavy (non-hydrogen) atoms. The van der Waals surface area contributed by atoms with E-state index in [-0.39, 0.29) is 0 Å². The maximum atomic E-state index is 4.24. The minimum atomic E-state index is 0.880. The molecule has 0 aliphatic carbocycles. The van der Waals surface area contributed by atoms with Gasteiger partial charge in [0.05, 0.1) is 5.69 Å². The van der Waals surface area contributed by atoms with E-state index in [1.54, 1.807) is 12.5 Å². The average Bonchev–Trinajstić information content (AvgIpc) is 2.44. The van der Waals surface area contributed by atoms with Crippen LogP contribution in [-0.4, -0.2) is 28.0 Å². The topological polar surface area (TPSA) is 62.7 Å². The molecule has 0 fully saturated rings. The highest BCUT2D eigenvalue weighted by molar-refractivity contribution is 5.44. The number of aromatic nitrogens is 3. The molecule has 2 rings (SSSR count). The molecular formula is C14H19N5. The molecule has 0 bridgehead atoms. The van der Waals surface area contributed by atoms with Crippen LogP contribution < -0.4 is 10.6 Å². The van der Waals surface area contributed by atoms with Gasteiger partial charge in [0.25, 0.3) is 0 Å². The fourth-order valence-corrected chi connectivity index (χ4v) is 1.71. The molecule has 100 valence electrons. The molecule has 0 saturated carbocycles. The first kappa shape index (κ1) is 13.3. The van der Waals surface area contributed by atoms with Crippen molar-refractivity contribution in [3.63, 3.8) is 0 Å². The maximum absolute atomic E-state index is 4.24. The third kappa shape index (κ3) is 3.91. The van der Waals surface area contributed by atoms with Crippen LogP contribution in [0.25, 0.3) is 0 Å². The summed E-state index contributed by atoms with van der Waals surface area (Å²) >= 11 is 0. The Labute approximate surface area is 113 Å². The molecule has 0 saturated heterocycles. The summed E-state index contributed by atoms with van der Waals surface area (Å²) in [5, 5.41) is 6.65. The van der Waals surface area contributed by atoms with Crippen molar-refractivity contribution in [2.24, 2.45) is 0 Å². The summed E-state index contributed by atoms with van der Waals surface area (Å²) in [6.45, 7) is 5.81. The van der Waals surface area contributed by atoms with Crippen molar-refractivity contribution in [3.8, 4) is 0 Å². The van der Waals surface area contributed by atoms with E-state index >= 15 is 0 Å². The molecule has 5 nitrogen and oxygen atoms in total.